The van der Waals surface area contributed by atoms with E-state index in [4.69, 9.17) is 15.2 Å². The van der Waals surface area contributed by atoms with Crippen molar-refractivity contribution in [3.05, 3.63) is 35.9 Å². The maximum Gasteiger partial charge on any atom is 0.240 e. The Balaban J connectivity index is 2.69. The van der Waals surface area contributed by atoms with Crippen molar-refractivity contribution >= 4 is 5.91 Å². The minimum absolute atomic E-state index is 0.0283. The van der Waals surface area contributed by atoms with E-state index >= 15 is 0 Å². The van der Waals surface area contributed by atoms with Crippen LogP contribution in [0.3, 0.4) is 0 Å². The van der Waals surface area contributed by atoms with Gasteiger partial charge in [-0.1, -0.05) is 30.3 Å². The topological polar surface area (TPSA) is 64.8 Å². The molecule has 0 fully saturated rings. The number of carbonyl (C=O) groups is 1. The molecule has 1 rings (SSSR count). The molecule has 1 aromatic rings. The van der Waals surface area contributed by atoms with Crippen LogP contribution in [0.1, 0.15) is 12.5 Å². The first-order chi connectivity index (χ1) is 10.1. The number of hydrogen-bond acceptors (Lipinski definition) is 4. The van der Waals surface area contributed by atoms with Gasteiger partial charge in [0.15, 0.2) is 0 Å². The van der Waals surface area contributed by atoms with Gasteiger partial charge in [-0.3, -0.25) is 4.79 Å². The van der Waals surface area contributed by atoms with E-state index in [-0.39, 0.29) is 11.9 Å². The third-order valence-corrected chi connectivity index (χ3v) is 3.37. The van der Waals surface area contributed by atoms with Crippen molar-refractivity contribution in [2.45, 2.75) is 25.4 Å². The monoisotopic (exact) mass is 294 g/mol. The van der Waals surface area contributed by atoms with Gasteiger partial charge in [0.1, 0.15) is 0 Å². The van der Waals surface area contributed by atoms with Crippen molar-refractivity contribution in [1.82, 2.24) is 4.90 Å². The highest BCUT2D eigenvalue weighted by atomic mass is 16.5. The van der Waals surface area contributed by atoms with Gasteiger partial charge in [-0.2, -0.15) is 0 Å². The van der Waals surface area contributed by atoms with Crippen molar-refractivity contribution in [2.24, 2.45) is 5.73 Å². The Morgan fingerprint density at radius 1 is 1.24 bits per heavy atom. The summed E-state index contributed by atoms with van der Waals surface area (Å²) in [6.07, 6.45) is 0.531. The average Bonchev–Trinajstić information content (AvgIpc) is 2.48. The van der Waals surface area contributed by atoms with Crippen molar-refractivity contribution in [1.29, 1.82) is 0 Å². The fourth-order valence-electron chi connectivity index (χ4n) is 2.24. The Kier molecular flexibility index (Phi) is 7.97. The molecule has 21 heavy (non-hydrogen) atoms. The number of methoxy groups -OCH3 is 2. The van der Waals surface area contributed by atoms with Gasteiger partial charge < -0.3 is 20.1 Å². The van der Waals surface area contributed by atoms with Gasteiger partial charge >= 0.3 is 0 Å². The van der Waals surface area contributed by atoms with Gasteiger partial charge in [-0.05, 0) is 18.9 Å². The first kappa shape index (κ1) is 17.6. The molecule has 0 spiro atoms. The minimum atomic E-state index is -0.552. The van der Waals surface area contributed by atoms with Crippen LogP contribution in [0.25, 0.3) is 0 Å². The largest absolute Gasteiger partial charge is 0.383 e. The molecule has 1 unspecified atom stereocenters. The molecule has 0 bridgehead atoms. The summed E-state index contributed by atoms with van der Waals surface area (Å²) in [5.41, 5.74) is 7.14. The minimum Gasteiger partial charge on any atom is -0.383 e. The van der Waals surface area contributed by atoms with Crippen LogP contribution in [0.2, 0.25) is 0 Å². The predicted octanol–water partition coefficient (Wildman–Crippen LogP) is 1.07. The molecule has 118 valence electrons. The molecular weight excluding hydrogens is 268 g/mol. The number of amides is 1. The van der Waals surface area contributed by atoms with Gasteiger partial charge in [0, 0.05) is 20.8 Å². The van der Waals surface area contributed by atoms with E-state index in [1.807, 2.05) is 37.3 Å². The number of nitrogens with two attached hydrogens (primary N) is 1. The molecule has 0 aliphatic heterocycles. The lowest BCUT2D eigenvalue weighted by atomic mass is 10.0. The van der Waals surface area contributed by atoms with E-state index in [1.165, 1.54) is 0 Å². The first-order valence-corrected chi connectivity index (χ1v) is 7.18. The van der Waals surface area contributed by atoms with Crippen LogP contribution in [0.4, 0.5) is 0 Å². The lowest BCUT2D eigenvalue weighted by Crippen LogP contribution is -2.51. The van der Waals surface area contributed by atoms with E-state index in [1.54, 1.807) is 19.1 Å². The van der Waals surface area contributed by atoms with Crippen molar-refractivity contribution in [3.8, 4) is 0 Å². The van der Waals surface area contributed by atoms with E-state index in [0.29, 0.717) is 26.2 Å². The molecule has 2 atom stereocenters. The summed E-state index contributed by atoms with van der Waals surface area (Å²) in [7, 11) is 3.24. The maximum absolute atomic E-state index is 12.6. The summed E-state index contributed by atoms with van der Waals surface area (Å²) in [6, 6.07) is 9.22. The Bertz CT molecular complexity index is 411. The number of benzene rings is 1. The second-order valence-electron chi connectivity index (χ2n) is 5.13. The average molecular weight is 294 g/mol. The zero-order valence-corrected chi connectivity index (χ0v) is 13.1. The molecule has 0 aliphatic carbocycles. The molecule has 1 aromatic carbocycles. The Morgan fingerprint density at radius 2 is 1.90 bits per heavy atom. The van der Waals surface area contributed by atoms with Crippen LogP contribution in [-0.2, 0) is 20.7 Å². The highest BCUT2D eigenvalue weighted by Crippen LogP contribution is 2.07. The number of rotatable bonds is 9. The molecule has 0 saturated heterocycles. The summed E-state index contributed by atoms with van der Waals surface area (Å²) in [5, 5.41) is 0. The Labute approximate surface area is 127 Å². The van der Waals surface area contributed by atoms with Crippen molar-refractivity contribution < 1.29 is 14.3 Å². The fraction of sp³-hybridized carbons (Fsp3) is 0.562. The van der Waals surface area contributed by atoms with E-state index in [2.05, 4.69) is 0 Å². The lowest BCUT2D eigenvalue weighted by molar-refractivity contribution is -0.136. The maximum atomic E-state index is 12.6. The fourth-order valence-corrected chi connectivity index (χ4v) is 2.24. The van der Waals surface area contributed by atoms with Crippen LogP contribution in [0.15, 0.2) is 30.3 Å². The molecule has 0 aromatic heterocycles. The molecule has 0 saturated carbocycles. The van der Waals surface area contributed by atoms with Gasteiger partial charge in [0.25, 0.3) is 0 Å². The van der Waals surface area contributed by atoms with E-state index in [9.17, 15) is 4.79 Å². The summed E-state index contributed by atoms with van der Waals surface area (Å²) in [4.78, 5) is 14.3. The SMILES string of the molecule is COCCN(C(=O)[C@@H](N)Cc1ccccc1)C(C)COC. The number of hydrogen-bond donors (Lipinski definition) is 1. The number of nitrogens with zero attached hydrogens (tertiary/aromatic N) is 1. The van der Waals surface area contributed by atoms with Crippen molar-refractivity contribution in [2.75, 3.05) is 34.0 Å². The van der Waals surface area contributed by atoms with Crippen LogP contribution in [-0.4, -0.2) is 56.9 Å². The highest BCUT2D eigenvalue weighted by molar-refractivity contribution is 5.82. The standard InChI is InChI=1S/C16H26N2O3/c1-13(12-21-3)18(9-10-20-2)16(19)15(17)11-14-7-5-4-6-8-14/h4-8,13,15H,9-12,17H2,1-3H3/t13?,15-/m0/s1. The summed E-state index contributed by atoms with van der Waals surface area (Å²) in [6.45, 7) is 3.43. The molecule has 0 heterocycles. The first-order valence-electron chi connectivity index (χ1n) is 7.18. The Morgan fingerprint density at radius 3 is 2.48 bits per heavy atom. The third-order valence-electron chi connectivity index (χ3n) is 3.37. The molecule has 2 N–H and O–H groups in total. The molecule has 0 radical (unpaired) electrons. The van der Waals surface area contributed by atoms with Gasteiger partial charge in [0.05, 0.1) is 25.3 Å². The molecular formula is C16H26N2O3. The normalized spacial score (nSPS) is 13.7. The van der Waals surface area contributed by atoms with Crippen LogP contribution in [0.5, 0.6) is 0 Å². The van der Waals surface area contributed by atoms with Crippen LogP contribution < -0.4 is 5.73 Å². The quantitative estimate of drug-likeness (QED) is 0.740. The zero-order valence-electron chi connectivity index (χ0n) is 13.1. The van der Waals surface area contributed by atoms with Crippen LogP contribution >= 0.6 is 0 Å². The van der Waals surface area contributed by atoms with Crippen molar-refractivity contribution in [3.63, 3.8) is 0 Å². The molecule has 5 nitrogen and oxygen atoms in total. The Hall–Kier alpha value is -1.43. The second-order valence-corrected chi connectivity index (χ2v) is 5.13. The lowest BCUT2D eigenvalue weighted by Gasteiger charge is -2.31. The smallest absolute Gasteiger partial charge is 0.240 e. The summed E-state index contributed by atoms with van der Waals surface area (Å²) < 4.78 is 10.2. The molecule has 1 amide bonds. The number of carbonyl (C=O) groups excluding carboxylic acids is 1. The van der Waals surface area contributed by atoms with E-state index < -0.39 is 6.04 Å². The highest BCUT2D eigenvalue weighted by Gasteiger charge is 2.25. The third kappa shape index (κ3) is 5.83. The van der Waals surface area contributed by atoms with Gasteiger partial charge in [-0.25, -0.2) is 0 Å². The second kappa shape index (κ2) is 9.50. The number of ether oxygens (including phenoxy) is 2. The zero-order chi connectivity index (χ0) is 15.7. The predicted molar refractivity (Wildman–Crippen MR) is 83.0 cm³/mol. The molecule has 0 aliphatic rings. The summed E-state index contributed by atoms with van der Waals surface area (Å²) in [5.74, 6) is -0.0690. The van der Waals surface area contributed by atoms with Crippen LogP contribution in [0, 0.1) is 0 Å². The molecule has 5 heteroatoms. The van der Waals surface area contributed by atoms with E-state index in [0.717, 1.165) is 5.56 Å². The van der Waals surface area contributed by atoms with Gasteiger partial charge in [-0.15, -0.1) is 0 Å². The summed E-state index contributed by atoms with van der Waals surface area (Å²) >= 11 is 0. The van der Waals surface area contributed by atoms with Gasteiger partial charge in [0.2, 0.25) is 5.91 Å².